The Bertz CT molecular complexity index is 417. The summed E-state index contributed by atoms with van der Waals surface area (Å²) in [5.74, 6) is -0.211. The largest absolute Gasteiger partial charge is 0.272 e. The molecule has 0 aliphatic rings. The van der Waals surface area contributed by atoms with Crippen molar-refractivity contribution in [2.45, 2.75) is 13.5 Å². The Morgan fingerprint density at radius 2 is 1.93 bits per heavy atom. The van der Waals surface area contributed by atoms with Crippen LogP contribution in [0.25, 0.3) is 11.1 Å². The van der Waals surface area contributed by atoms with E-state index in [-0.39, 0.29) is 5.82 Å². The molecule has 0 atom stereocenters. The molecule has 14 heavy (non-hydrogen) atoms. The molecular weight excluding hydrogens is 179 g/mol. The summed E-state index contributed by atoms with van der Waals surface area (Å²) < 4.78 is 14.5. The van der Waals surface area contributed by atoms with Crippen LogP contribution in [0, 0.1) is 5.82 Å². The van der Waals surface area contributed by atoms with Crippen LogP contribution in [0.4, 0.5) is 4.39 Å². The average Bonchev–Trinajstić information content (AvgIpc) is 2.67. The third-order valence-corrected chi connectivity index (χ3v) is 2.13. The predicted molar refractivity (Wildman–Crippen MR) is 53.3 cm³/mol. The molecule has 2 aromatic rings. The molecule has 3 heteroatoms. The molecule has 0 amide bonds. The van der Waals surface area contributed by atoms with Gasteiger partial charge in [0.25, 0.3) is 0 Å². The maximum atomic E-state index is 12.7. The maximum Gasteiger partial charge on any atom is 0.123 e. The van der Waals surface area contributed by atoms with Crippen LogP contribution >= 0.6 is 0 Å². The Balaban J connectivity index is 2.34. The minimum atomic E-state index is -0.211. The van der Waals surface area contributed by atoms with Crippen LogP contribution in [0.3, 0.4) is 0 Å². The minimum absolute atomic E-state index is 0.211. The van der Waals surface area contributed by atoms with E-state index in [1.54, 1.807) is 18.3 Å². The molecule has 1 aromatic heterocycles. The van der Waals surface area contributed by atoms with Crippen molar-refractivity contribution in [2.24, 2.45) is 0 Å². The number of benzene rings is 1. The zero-order chi connectivity index (χ0) is 9.97. The van der Waals surface area contributed by atoms with Gasteiger partial charge >= 0.3 is 0 Å². The molecule has 0 saturated heterocycles. The van der Waals surface area contributed by atoms with Crippen molar-refractivity contribution in [3.8, 4) is 11.1 Å². The number of aryl methyl sites for hydroxylation is 1. The van der Waals surface area contributed by atoms with Crippen molar-refractivity contribution in [1.29, 1.82) is 0 Å². The van der Waals surface area contributed by atoms with Gasteiger partial charge in [-0.3, -0.25) is 4.68 Å². The third kappa shape index (κ3) is 1.66. The SMILES string of the molecule is CCn1cc(-c2ccc(F)cc2)cn1. The highest BCUT2D eigenvalue weighted by molar-refractivity contribution is 5.61. The highest BCUT2D eigenvalue weighted by Gasteiger charge is 2.00. The van der Waals surface area contributed by atoms with Gasteiger partial charge in [-0.25, -0.2) is 4.39 Å². The highest BCUT2D eigenvalue weighted by atomic mass is 19.1. The van der Waals surface area contributed by atoms with Crippen LogP contribution in [-0.4, -0.2) is 9.78 Å². The van der Waals surface area contributed by atoms with Gasteiger partial charge in [0.05, 0.1) is 6.20 Å². The third-order valence-electron chi connectivity index (χ3n) is 2.13. The lowest BCUT2D eigenvalue weighted by molar-refractivity contribution is 0.628. The Hall–Kier alpha value is -1.64. The Morgan fingerprint density at radius 3 is 2.50 bits per heavy atom. The molecule has 0 bridgehead atoms. The second-order valence-corrected chi connectivity index (χ2v) is 3.09. The van der Waals surface area contributed by atoms with E-state index in [1.165, 1.54) is 12.1 Å². The van der Waals surface area contributed by atoms with Crippen LogP contribution in [0.5, 0.6) is 0 Å². The van der Waals surface area contributed by atoms with Gasteiger partial charge in [-0.2, -0.15) is 5.10 Å². The number of nitrogens with zero attached hydrogens (tertiary/aromatic N) is 2. The predicted octanol–water partition coefficient (Wildman–Crippen LogP) is 2.71. The summed E-state index contributed by atoms with van der Waals surface area (Å²) >= 11 is 0. The summed E-state index contributed by atoms with van der Waals surface area (Å²) in [6.07, 6.45) is 3.74. The summed E-state index contributed by atoms with van der Waals surface area (Å²) in [6.45, 7) is 2.88. The quantitative estimate of drug-likeness (QED) is 0.712. The first-order chi connectivity index (χ1) is 6.79. The Labute approximate surface area is 82.0 Å². The van der Waals surface area contributed by atoms with Gasteiger partial charge in [0.15, 0.2) is 0 Å². The van der Waals surface area contributed by atoms with Gasteiger partial charge in [0.1, 0.15) is 5.82 Å². The van der Waals surface area contributed by atoms with Crippen LogP contribution < -0.4 is 0 Å². The van der Waals surface area contributed by atoms with Crippen LogP contribution in [0.15, 0.2) is 36.7 Å². The van der Waals surface area contributed by atoms with E-state index < -0.39 is 0 Å². The fraction of sp³-hybridized carbons (Fsp3) is 0.182. The van der Waals surface area contributed by atoms with E-state index in [4.69, 9.17) is 0 Å². The average molecular weight is 190 g/mol. The first kappa shape index (κ1) is 8.94. The standard InChI is InChI=1S/C11H11FN2/c1-2-14-8-10(7-13-14)9-3-5-11(12)6-4-9/h3-8H,2H2,1H3. The summed E-state index contributed by atoms with van der Waals surface area (Å²) in [7, 11) is 0. The molecule has 2 nitrogen and oxygen atoms in total. The monoisotopic (exact) mass is 190 g/mol. The normalized spacial score (nSPS) is 10.4. The van der Waals surface area contributed by atoms with Crippen molar-refractivity contribution in [1.82, 2.24) is 9.78 Å². The molecule has 0 radical (unpaired) electrons. The van der Waals surface area contributed by atoms with Gasteiger partial charge in [0.2, 0.25) is 0 Å². The summed E-state index contributed by atoms with van der Waals surface area (Å²) in [4.78, 5) is 0. The minimum Gasteiger partial charge on any atom is -0.272 e. The van der Waals surface area contributed by atoms with Gasteiger partial charge in [-0.15, -0.1) is 0 Å². The van der Waals surface area contributed by atoms with E-state index in [1.807, 2.05) is 17.8 Å². The smallest absolute Gasteiger partial charge is 0.123 e. The lowest BCUT2D eigenvalue weighted by atomic mass is 10.1. The zero-order valence-electron chi connectivity index (χ0n) is 7.94. The van der Waals surface area contributed by atoms with Gasteiger partial charge < -0.3 is 0 Å². The van der Waals surface area contributed by atoms with E-state index >= 15 is 0 Å². The molecule has 1 heterocycles. The topological polar surface area (TPSA) is 17.8 Å². The number of hydrogen-bond donors (Lipinski definition) is 0. The van der Waals surface area contributed by atoms with Gasteiger partial charge in [0, 0.05) is 18.3 Å². The molecule has 0 spiro atoms. The number of halogens is 1. The van der Waals surface area contributed by atoms with E-state index in [0.717, 1.165) is 17.7 Å². The van der Waals surface area contributed by atoms with Crippen LogP contribution in [0.2, 0.25) is 0 Å². The first-order valence-corrected chi connectivity index (χ1v) is 4.58. The van der Waals surface area contributed by atoms with E-state index in [0.29, 0.717) is 0 Å². The van der Waals surface area contributed by atoms with Crippen molar-refractivity contribution in [3.05, 3.63) is 42.5 Å². The van der Waals surface area contributed by atoms with Crippen LogP contribution in [-0.2, 0) is 6.54 Å². The molecular formula is C11H11FN2. The molecule has 0 N–H and O–H groups in total. The molecule has 1 aromatic carbocycles. The number of aromatic nitrogens is 2. The van der Waals surface area contributed by atoms with Gasteiger partial charge in [-0.05, 0) is 24.6 Å². The fourth-order valence-electron chi connectivity index (χ4n) is 1.33. The maximum absolute atomic E-state index is 12.7. The highest BCUT2D eigenvalue weighted by Crippen LogP contribution is 2.18. The van der Waals surface area contributed by atoms with Crippen molar-refractivity contribution in [3.63, 3.8) is 0 Å². The second kappa shape index (κ2) is 3.62. The molecule has 0 aliphatic heterocycles. The first-order valence-electron chi connectivity index (χ1n) is 4.58. The molecule has 0 aliphatic carbocycles. The van der Waals surface area contributed by atoms with E-state index in [9.17, 15) is 4.39 Å². The van der Waals surface area contributed by atoms with Gasteiger partial charge in [-0.1, -0.05) is 12.1 Å². The molecule has 72 valence electrons. The molecule has 2 rings (SSSR count). The lowest BCUT2D eigenvalue weighted by Gasteiger charge is -1.95. The van der Waals surface area contributed by atoms with E-state index in [2.05, 4.69) is 5.10 Å². The molecule has 0 unspecified atom stereocenters. The fourth-order valence-corrected chi connectivity index (χ4v) is 1.33. The Kier molecular flexibility index (Phi) is 2.31. The summed E-state index contributed by atoms with van der Waals surface area (Å²) in [5.41, 5.74) is 2.01. The van der Waals surface area contributed by atoms with Crippen molar-refractivity contribution >= 4 is 0 Å². The van der Waals surface area contributed by atoms with Crippen molar-refractivity contribution in [2.75, 3.05) is 0 Å². The number of rotatable bonds is 2. The zero-order valence-corrected chi connectivity index (χ0v) is 7.94. The molecule has 0 saturated carbocycles. The second-order valence-electron chi connectivity index (χ2n) is 3.09. The van der Waals surface area contributed by atoms with Crippen molar-refractivity contribution < 1.29 is 4.39 Å². The summed E-state index contributed by atoms with van der Waals surface area (Å²) in [6, 6.07) is 6.43. The summed E-state index contributed by atoms with van der Waals surface area (Å²) in [5, 5.41) is 4.16. The molecule has 0 fully saturated rings. The number of hydrogen-bond acceptors (Lipinski definition) is 1. The lowest BCUT2D eigenvalue weighted by Crippen LogP contribution is -1.91. The Morgan fingerprint density at radius 1 is 1.21 bits per heavy atom. The van der Waals surface area contributed by atoms with Crippen LogP contribution in [0.1, 0.15) is 6.92 Å².